The average Bonchev–Trinajstić information content (AvgIpc) is 2.74. The second-order valence-corrected chi connectivity index (χ2v) is 10.1. The lowest BCUT2D eigenvalue weighted by atomic mass is 10.0. The Labute approximate surface area is 184 Å². The van der Waals surface area contributed by atoms with Gasteiger partial charge in [-0.15, -0.1) is 0 Å². The number of hydrogen-bond acceptors (Lipinski definition) is 3. The Morgan fingerprint density at radius 2 is 1.70 bits per heavy atom. The first-order valence-electron chi connectivity index (χ1n) is 9.64. The van der Waals surface area contributed by atoms with Crippen LogP contribution in [0.1, 0.15) is 27.9 Å². The third-order valence-electron chi connectivity index (χ3n) is 5.13. The molecule has 3 aromatic carbocycles. The molecule has 1 aliphatic heterocycles. The van der Waals surface area contributed by atoms with Gasteiger partial charge in [0.2, 0.25) is 0 Å². The number of carbonyl (C=O) groups is 1. The van der Waals surface area contributed by atoms with Crippen LogP contribution >= 0.6 is 15.9 Å². The van der Waals surface area contributed by atoms with E-state index in [4.69, 9.17) is 0 Å². The number of amides is 1. The van der Waals surface area contributed by atoms with E-state index in [1.165, 1.54) is 4.31 Å². The van der Waals surface area contributed by atoms with E-state index in [1.807, 2.05) is 19.1 Å². The number of benzene rings is 3. The number of carbonyl (C=O) groups excluding carboxylic acids is 1. The van der Waals surface area contributed by atoms with Crippen molar-refractivity contribution in [1.82, 2.24) is 0 Å². The molecule has 1 amide bonds. The van der Waals surface area contributed by atoms with Crippen molar-refractivity contribution in [3.8, 4) is 0 Å². The molecule has 0 fully saturated rings. The molecule has 3 aromatic rings. The lowest BCUT2D eigenvalue weighted by Gasteiger charge is -2.31. The van der Waals surface area contributed by atoms with Crippen molar-refractivity contribution < 1.29 is 13.2 Å². The minimum atomic E-state index is -3.68. The smallest absolute Gasteiger partial charge is 0.264 e. The van der Waals surface area contributed by atoms with Gasteiger partial charge in [-0.25, -0.2) is 8.42 Å². The van der Waals surface area contributed by atoms with Gasteiger partial charge in [-0.2, -0.15) is 0 Å². The molecule has 4 rings (SSSR count). The summed E-state index contributed by atoms with van der Waals surface area (Å²) in [6.07, 6.45) is 1.55. The fourth-order valence-electron chi connectivity index (χ4n) is 3.51. The number of sulfonamides is 1. The van der Waals surface area contributed by atoms with Crippen LogP contribution < -0.4 is 9.62 Å². The number of halogens is 1. The number of fused-ring (bicyclic) bond motifs is 1. The summed E-state index contributed by atoms with van der Waals surface area (Å²) in [6.45, 7) is 2.33. The molecule has 0 aromatic heterocycles. The molecule has 5 nitrogen and oxygen atoms in total. The fourth-order valence-corrected chi connectivity index (χ4v) is 5.31. The van der Waals surface area contributed by atoms with E-state index < -0.39 is 10.0 Å². The quantitative estimate of drug-likeness (QED) is 0.556. The third-order valence-corrected chi connectivity index (χ3v) is 7.49. The summed E-state index contributed by atoms with van der Waals surface area (Å²) in [5, 5.41) is 2.87. The van der Waals surface area contributed by atoms with E-state index in [0.29, 0.717) is 23.5 Å². The lowest BCUT2D eigenvalue weighted by Crippen LogP contribution is -2.35. The Morgan fingerprint density at radius 3 is 2.40 bits per heavy atom. The Kier molecular flexibility index (Phi) is 5.66. The van der Waals surface area contributed by atoms with Gasteiger partial charge in [-0.05, 0) is 73.9 Å². The number of aryl methyl sites for hydroxylation is 2. The molecule has 0 saturated heterocycles. The highest BCUT2D eigenvalue weighted by atomic mass is 79.9. The van der Waals surface area contributed by atoms with Crippen LogP contribution in [0.4, 0.5) is 11.4 Å². The van der Waals surface area contributed by atoms with Crippen LogP contribution in [0.2, 0.25) is 0 Å². The van der Waals surface area contributed by atoms with Crippen molar-refractivity contribution in [3.05, 3.63) is 87.9 Å². The molecule has 7 heteroatoms. The minimum Gasteiger partial charge on any atom is -0.322 e. The van der Waals surface area contributed by atoms with E-state index in [0.717, 1.165) is 28.4 Å². The molecule has 0 aliphatic carbocycles. The zero-order valence-electron chi connectivity index (χ0n) is 16.4. The van der Waals surface area contributed by atoms with Crippen LogP contribution in [0.25, 0.3) is 0 Å². The van der Waals surface area contributed by atoms with E-state index in [1.54, 1.807) is 54.6 Å². The van der Waals surface area contributed by atoms with Crippen molar-refractivity contribution in [2.24, 2.45) is 0 Å². The van der Waals surface area contributed by atoms with Crippen LogP contribution in [-0.2, 0) is 16.4 Å². The number of nitrogens with zero attached hydrogens (tertiary/aromatic N) is 1. The zero-order valence-corrected chi connectivity index (χ0v) is 18.8. The van der Waals surface area contributed by atoms with Crippen LogP contribution in [0.15, 0.2) is 76.1 Å². The molecule has 0 radical (unpaired) electrons. The van der Waals surface area contributed by atoms with Crippen molar-refractivity contribution in [2.75, 3.05) is 16.2 Å². The van der Waals surface area contributed by atoms with E-state index in [2.05, 4.69) is 21.2 Å². The summed E-state index contributed by atoms with van der Waals surface area (Å²) in [5.41, 5.74) is 3.67. The van der Waals surface area contributed by atoms with Gasteiger partial charge in [0.1, 0.15) is 0 Å². The lowest BCUT2D eigenvalue weighted by molar-refractivity contribution is 0.102. The van der Waals surface area contributed by atoms with E-state index >= 15 is 0 Å². The molecule has 0 saturated carbocycles. The highest BCUT2D eigenvalue weighted by Crippen LogP contribution is 2.34. The van der Waals surface area contributed by atoms with Gasteiger partial charge in [0.15, 0.2) is 0 Å². The highest BCUT2D eigenvalue weighted by Gasteiger charge is 2.29. The second-order valence-electron chi connectivity index (χ2n) is 7.30. The Bertz CT molecular complexity index is 1190. The molecule has 0 unspecified atom stereocenters. The molecule has 154 valence electrons. The Balaban J connectivity index is 1.65. The van der Waals surface area contributed by atoms with Gasteiger partial charge in [0.25, 0.3) is 15.9 Å². The molecule has 30 heavy (non-hydrogen) atoms. The standard InChI is InChI=1S/C23H21BrN2O3S/c1-16-4-12-21(13-5-16)30(28,29)26-14-2-3-17-8-11-20(15-22(17)26)25-23(27)18-6-9-19(24)10-7-18/h4-13,15H,2-3,14H2,1H3,(H,25,27). The highest BCUT2D eigenvalue weighted by molar-refractivity contribution is 9.10. The molecule has 0 spiro atoms. The average molecular weight is 485 g/mol. The van der Waals surface area contributed by atoms with Gasteiger partial charge in [-0.3, -0.25) is 9.10 Å². The zero-order chi connectivity index (χ0) is 21.3. The maximum Gasteiger partial charge on any atom is 0.264 e. The first-order valence-corrected chi connectivity index (χ1v) is 11.9. The first kappa shape index (κ1) is 20.6. The van der Waals surface area contributed by atoms with Crippen molar-refractivity contribution in [3.63, 3.8) is 0 Å². The largest absolute Gasteiger partial charge is 0.322 e. The summed E-state index contributed by atoms with van der Waals surface area (Å²) >= 11 is 3.36. The van der Waals surface area contributed by atoms with Gasteiger partial charge in [0, 0.05) is 22.3 Å². The van der Waals surface area contributed by atoms with Crippen molar-refractivity contribution in [1.29, 1.82) is 0 Å². The molecule has 0 atom stereocenters. The summed E-state index contributed by atoms with van der Waals surface area (Å²) in [7, 11) is -3.68. The van der Waals surface area contributed by atoms with E-state index in [-0.39, 0.29) is 10.8 Å². The third kappa shape index (κ3) is 4.13. The fraction of sp³-hybridized carbons (Fsp3) is 0.174. The van der Waals surface area contributed by atoms with Crippen molar-refractivity contribution in [2.45, 2.75) is 24.7 Å². The van der Waals surface area contributed by atoms with E-state index in [9.17, 15) is 13.2 Å². The predicted molar refractivity (Wildman–Crippen MR) is 123 cm³/mol. The van der Waals surface area contributed by atoms with Gasteiger partial charge < -0.3 is 5.32 Å². The van der Waals surface area contributed by atoms with Crippen molar-refractivity contribution >= 4 is 43.2 Å². The predicted octanol–water partition coefficient (Wildman–Crippen LogP) is 5.15. The minimum absolute atomic E-state index is 0.244. The topological polar surface area (TPSA) is 66.5 Å². The van der Waals surface area contributed by atoms with Gasteiger partial charge in [0.05, 0.1) is 10.6 Å². The summed E-state index contributed by atoms with van der Waals surface area (Å²) in [5.74, 6) is -0.244. The normalized spacial score (nSPS) is 13.6. The van der Waals surface area contributed by atoms with Gasteiger partial charge >= 0.3 is 0 Å². The second kappa shape index (κ2) is 8.24. The number of hydrogen-bond donors (Lipinski definition) is 1. The Hall–Kier alpha value is -2.64. The SMILES string of the molecule is Cc1ccc(S(=O)(=O)N2CCCc3ccc(NC(=O)c4ccc(Br)cc4)cc32)cc1. The molecule has 1 heterocycles. The molecule has 0 bridgehead atoms. The molecular formula is C23H21BrN2O3S. The number of anilines is 2. The van der Waals surface area contributed by atoms with Crippen LogP contribution in [0.3, 0.4) is 0 Å². The first-order chi connectivity index (χ1) is 14.3. The summed E-state index contributed by atoms with van der Waals surface area (Å²) in [6, 6.07) is 19.4. The summed E-state index contributed by atoms with van der Waals surface area (Å²) in [4.78, 5) is 12.8. The van der Waals surface area contributed by atoms with Crippen LogP contribution in [-0.4, -0.2) is 20.9 Å². The molecular weight excluding hydrogens is 464 g/mol. The Morgan fingerprint density at radius 1 is 1.00 bits per heavy atom. The van der Waals surface area contributed by atoms with Crippen LogP contribution in [0.5, 0.6) is 0 Å². The maximum atomic E-state index is 13.3. The number of nitrogens with one attached hydrogen (secondary N) is 1. The molecule has 1 N–H and O–H groups in total. The van der Waals surface area contributed by atoms with Gasteiger partial charge in [-0.1, -0.05) is 39.7 Å². The van der Waals surface area contributed by atoms with Crippen LogP contribution in [0, 0.1) is 6.92 Å². The molecule has 1 aliphatic rings. The monoisotopic (exact) mass is 484 g/mol. The maximum absolute atomic E-state index is 13.3. The summed E-state index contributed by atoms with van der Waals surface area (Å²) < 4.78 is 28.9. The number of rotatable bonds is 4.